The lowest BCUT2D eigenvalue weighted by atomic mass is 9.76. The van der Waals surface area contributed by atoms with E-state index in [2.05, 4.69) is 29.2 Å². The van der Waals surface area contributed by atoms with Crippen LogP contribution < -0.4 is 15.4 Å². The zero-order chi connectivity index (χ0) is 17.1. The van der Waals surface area contributed by atoms with Gasteiger partial charge in [0.05, 0.1) is 11.1 Å². The number of allylic oxidation sites excluding steroid dienone is 1. The molecule has 23 heavy (non-hydrogen) atoms. The van der Waals surface area contributed by atoms with Crippen LogP contribution in [0.2, 0.25) is 0 Å². The van der Waals surface area contributed by atoms with Crippen LogP contribution >= 0.6 is 0 Å². The molecule has 0 saturated carbocycles. The summed E-state index contributed by atoms with van der Waals surface area (Å²) in [6, 6.07) is 5.72. The molecule has 2 atom stereocenters. The van der Waals surface area contributed by atoms with Crippen LogP contribution in [0, 0.1) is 11.2 Å². The van der Waals surface area contributed by atoms with Gasteiger partial charge in [-0.15, -0.1) is 0 Å². The first-order valence-electron chi connectivity index (χ1n) is 7.66. The van der Waals surface area contributed by atoms with Crippen molar-refractivity contribution < 1.29 is 12.8 Å². The zero-order valence-electron chi connectivity index (χ0n) is 13.7. The maximum absolute atomic E-state index is 13.2. The molecule has 1 aliphatic heterocycles. The molecule has 1 heterocycles. The van der Waals surface area contributed by atoms with Gasteiger partial charge in [-0.05, 0) is 44.5 Å². The normalized spacial score (nSPS) is 25.9. The Kier molecular flexibility index (Phi) is 5.31. The van der Waals surface area contributed by atoms with E-state index in [1.807, 2.05) is 0 Å². The van der Waals surface area contributed by atoms with Gasteiger partial charge in [-0.25, -0.2) is 12.8 Å². The van der Waals surface area contributed by atoms with Gasteiger partial charge < -0.3 is 10.6 Å². The van der Waals surface area contributed by atoms with Crippen LogP contribution in [0.15, 0.2) is 35.4 Å². The summed E-state index contributed by atoms with van der Waals surface area (Å²) in [5.41, 5.74) is 0.631. The molecule has 1 aliphatic rings. The van der Waals surface area contributed by atoms with Crippen LogP contribution in [0.1, 0.15) is 26.7 Å². The molecule has 128 valence electrons. The second kappa shape index (κ2) is 6.88. The summed E-state index contributed by atoms with van der Waals surface area (Å²) in [5, 5.41) is 7.61. The van der Waals surface area contributed by atoms with Gasteiger partial charge in [0.1, 0.15) is 5.82 Å². The van der Waals surface area contributed by atoms with Crippen LogP contribution in [0.25, 0.3) is 0 Å². The topological polar surface area (TPSA) is 70.2 Å². The third-order valence-corrected chi connectivity index (χ3v) is 5.27. The van der Waals surface area contributed by atoms with Crippen LogP contribution in [0.3, 0.4) is 0 Å². The number of benzene rings is 1. The average Bonchev–Trinajstić information content (AvgIpc) is 2.44. The largest absolute Gasteiger partial charge is 0.390 e. The van der Waals surface area contributed by atoms with E-state index in [1.54, 1.807) is 7.05 Å². The van der Waals surface area contributed by atoms with Crippen molar-refractivity contribution in [2.75, 3.05) is 18.3 Å². The maximum atomic E-state index is 13.2. The second-order valence-corrected chi connectivity index (χ2v) is 7.84. The second-order valence-electron chi connectivity index (χ2n) is 6.31. The van der Waals surface area contributed by atoms with E-state index < -0.39 is 15.8 Å². The van der Waals surface area contributed by atoms with Gasteiger partial charge in [-0.3, -0.25) is 4.72 Å². The minimum atomic E-state index is -3.73. The molecule has 1 aromatic rings. The number of nitrogens with one attached hydrogen (secondary N) is 3. The molecular weight excluding hydrogens is 317 g/mol. The smallest absolute Gasteiger partial charge is 0.256 e. The van der Waals surface area contributed by atoms with Crippen molar-refractivity contribution in [2.24, 2.45) is 5.41 Å². The predicted octanol–water partition coefficient (Wildman–Crippen LogP) is 2.41. The summed E-state index contributed by atoms with van der Waals surface area (Å²) in [4.78, 5) is 0. The summed E-state index contributed by atoms with van der Waals surface area (Å²) >= 11 is 0. The third-order valence-electron chi connectivity index (χ3n) is 4.20. The van der Waals surface area contributed by atoms with E-state index in [1.165, 1.54) is 23.6 Å². The number of piperidine rings is 1. The molecule has 0 radical (unpaired) electrons. The summed E-state index contributed by atoms with van der Waals surface area (Å²) in [5.74, 6) is -0.484. The number of hydrogen-bond acceptors (Lipinski definition) is 4. The van der Waals surface area contributed by atoms with Crippen molar-refractivity contribution >= 4 is 15.7 Å². The number of hydrogen-bond donors (Lipinski definition) is 3. The SMILES string of the molecule is CN/C(=C/S(=O)(=O)Nc1cccc(F)c1)[C@@]1(C)CCN[C@@H](C)C1. The van der Waals surface area contributed by atoms with E-state index in [-0.39, 0.29) is 11.1 Å². The maximum Gasteiger partial charge on any atom is 0.256 e. The quantitative estimate of drug-likeness (QED) is 0.769. The Labute approximate surface area is 137 Å². The van der Waals surface area contributed by atoms with E-state index >= 15 is 0 Å². The van der Waals surface area contributed by atoms with Gasteiger partial charge >= 0.3 is 0 Å². The average molecular weight is 341 g/mol. The van der Waals surface area contributed by atoms with E-state index in [0.717, 1.165) is 25.5 Å². The molecule has 0 aliphatic carbocycles. The predicted molar refractivity (Wildman–Crippen MR) is 90.9 cm³/mol. The fraction of sp³-hybridized carbons (Fsp3) is 0.500. The molecule has 0 unspecified atom stereocenters. The lowest BCUT2D eigenvalue weighted by Gasteiger charge is -2.39. The Morgan fingerprint density at radius 3 is 2.83 bits per heavy atom. The van der Waals surface area contributed by atoms with Gasteiger partial charge in [0.2, 0.25) is 0 Å². The molecule has 3 N–H and O–H groups in total. The standard InChI is InChI=1S/C16H24FN3O2S/c1-12-10-16(2,7-8-19-12)15(18-3)11-23(21,22)20-14-6-4-5-13(17)9-14/h4-6,9,11-12,18-20H,7-8,10H2,1-3H3/b15-11+/t12-,16-/m0/s1. The molecule has 2 rings (SSSR count). The molecule has 1 aromatic carbocycles. The summed E-state index contributed by atoms with van der Waals surface area (Å²) in [7, 11) is -2.01. The van der Waals surface area contributed by atoms with Crippen LogP contribution in [-0.4, -0.2) is 28.1 Å². The van der Waals surface area contributed by atoms with Gasteiger partial charge in [0.25, 0.3) is 10.0 Å². The van der Waals surface area contributed by atoms with Gasteiger partial charge in [-0.1, -0.05) is 13.0 Å². The Hall–Kier alpha value is -1.60. The first-order valence-corrected chi connectivity index (χ1v) is 9.20. The zero-order valence-corrected chi connectivity index (χ0v) is 14.5. The van der Waals surface area contributed by atoms with Crippen molar-refractivity contribution in [3.05, 3.63) is 41.2 Å². The van der Waals surface area contributed by atoms with Crippen molar-refractivity contribution in [1.82, 2.24) is 10.6 Å². The summed E-state index contributed by atoms with van der Waals surface area (Å²) in [6.45, 7) is 4.99. The molecule has 0 spiro atoms. The van der Waals surface area contributed by atoms with Crippen molar-refractivity contribution in [1.29, 1.82) is 0 Å². The number of sulfonamides is 1. The Balaban J connectivity index is 2.25. The molecule has 1 saturated heterocycles. The molecular formula is C16H24FN3O2S. The fourth-order valence-electron chi connectivity index (χ4n) is 3.09. The van der Waals surface area contributed by atoms with Crippen LogP contribution in [0.4, 0.5) is 10.1 Å². The molecule has 5 nitrogen and oxygen atoms in total. The lowest BCUT2D eigenvalue weighted by Crippen LogP contribution is -2.44. The van der Waals surface area contributed by atoms with Crippen LogP contribution in [0.5, 0.6) is 0 Å². The molecule has 0 bridgehead atoms. The third kappa shape index (κ3) is 4.68. The highest BCUT2D eigenvalue weighted by atomic mass is 32.2. The Morgan fingerprint density at radius 1 is 1.48 bits per heavy atom. The summed E-state index contributed by atoms with van der Waals surface area (Å²) in [6.07, 6.45) is 1.69. The minimum absolute atomic E-state index is 0.209. The van der Waals surface area contributed by atoms with E-state index in [9.17, 15) is 12.8 Å². The molecule has 7 heteroatoms. The molecule has 0 aromatic heterocycles. The number of anilines is 1. The van der Waals surface area contributed by atoms with E-state index in [0.29, 0.717) is 11.7 Å². The first-order chi connectivity index (χ1) is 10.7. The number of rotatable bonds is 5. The Bertz CT molecular complexity index is 690. The summed E-state index contributed by atoms with van der Waals surface area (Å²) < 4.78 is 40.4. The number of halogens is 1. The fourth-order valence-corrected chi connectivity index (χ4v) is 4.32. The first kappa shape index (κ1) is 17.7. The monoisotopic (exact) mass is 341 g/mol. The van der Waals surface area contributed by atoms with Crippen LogP contribution in [-0.2, 0) is 10.0 Å². The van der Waals surface area contributed by atoms with Gasteiger partial charge in [0, 0.05) is 24.2 Å². The van der Waals surface area contributed by atoms with E-state index in [4.69, 9.17) is 0 Å². The highest BCUT2D eigenvalue weighted by Gasteiger charge is 2.34. The van der Waals surface area contributed by atoms with Gasteiger partial charge in [-0.2, -0.15) is 0 Å². The Morgan fingerprint density at radius 2 is 2.22 bits per heavy atom. The highest BCUT2D eigenvalue weighted by Crippen LogP contribution is 2.37. The van der Waals surface area contributed by atoms with Gasteiger partial charge in [0.15, 0.2) is 0 Å². The lowest BCUT2D eigenvalue weighted by molar-refractivity contribution is 0.229. The highest BCUT2D eigenvalue weighted by molar-refractivity contribution is 7.95. The minimum Gasteiger partial charge on any atom is -0.390 e. The van der Waals surface area contributed by atoms with Crippen molar-refractivity contribution in [3.63, 3.8) is 0 Å². The van der Waals surface area contributed by atoms with Crippen molar-refractivity contribution in [3.8, 4) is 0 Å². The molecule has 1 fully saturated rings. The molecule has 0 amide bonds. The van der Waals surface area contributed by atoms with Crippen molar-refractivity contribution in [2.45, 2.75) is 32.7 Å².